The van der Waals surface area contributed by atoms with Crippen LogP contribution in [-0.2, 0) is 0 Å². The highest BCUT2D eigenvalue weighted by molar-refractivity contribution is 4.72. The Morgan fingerprint density at radius 1 is 1.06 bits per heavy atom. The summed E-state index contributed by atoms with van der Waals surface area (Å²) < 4.78 is 0. The van der Waals surface area contributed by atoms with Gasteiger partial charge in [0.1, 0.15) is 0 Å². The molecule has 0 bridgehead atoms. The molecule has 0 aromatic rings. The zero-order valence-corrected chi connectivity index (χ0v) is 10.7. The monoisotopic (exact) mass is 225 g/mol. The third-order valence-electron chi connectivity index (χ3n) is 4.15. The number of hydrogen-bond donors (Lipinski definition) is 1. The van der Waals surface area contributed by atoms with Crippen LogP contribution in [0.15, 0.2) is 0 Å². The maximum atomic E-state index is 3.59. The van der Waals surface area contributed by atoms with Gasteiger partial charge in [0.05, 0.1) is 0 Å². The molecule has 0 amide bonds. The van der Waals surface area contributed by atoms with Crippen LogP contribution >= 0.6 is 0 Å². The molecule has 0 atom stereocenters. The van der Waals surface area contributed by atoms with Gasteiger partial charge >= 0.3 is 0 Å². The number of nitrogens with zero attached hydrogens (tertiary/aromatic N) is 2. The Kier molecular flexibility index (Phi) is 5.07. The zero-order valence-electron chi connectivity index (χ0n) is 10.7. The molecule has 1 aliphatic carbocycles. The molecule has 2 aliphatic rings. The van der Waals surface area contributed by atoms with E-state index >= 15 is 0 Å². The van der Waals surface area contributed by atoms with Gasteiger partial charge in [0, 0.05) is 39.3 Å². The van der Waals surface area contributed by atoms with Gasteiger partial charge in [-0.1, -0.05) is 19.3 Å². The van der Waals surface area contributed by atoms with Crippen molar-refractivity contribution in [1.82, 2.24) is 15.1 Å². The molecule has 2 fully saturated rings. The van der Waals surface area contributed by atoms with E-state index in [2.05, 4.69) is 22.2 Å². The minimum atomic E-state index is 1.05. The lowest BCUT2D eigenvalue weighted by molar-refractivity contribution is 0.154. The third-order valence-corrected chi connectivity index (χ3v) is 4.15. The Hall–Kier alpha value is -0.120. The first-order chi connectivity index (χ1) is 7.84. The lowest BCUT2D eigenvalue weighted by Crippen LogP contribution is -2.46. The van der Waals surface area contributed by atoms with E-state index in [1.807, 2.05) is 0 Å². The summed E-state index contributed by atoms with van der Waals surface area (Å²) in [5.74, 6) is 1.05. The summed E-state index contributed by atoms with van der Waals surface area (Å²) in [6.45, 7) is 8.62. The molecule has 3 heteroatoms. The molecule has 16 heavy (non-hydrogen) atoms. The zero-order chi connectivity index (χ0) is 11.2. The van der Waals surface area contributed by atoms with E-state index < -0.39 is 0 Å². The third kappa shape index (κ3) is 4.04. The van der Waals surface area contributed by atoms with Crippen molar-refractivity contribution in [1.29, 1.82) is 0 Å². The molecule has 1 N–H and O–H groups in total. The Morgan fingerprint density at radius 2 is 1.81 bits per heavy atom. The fourth-order valence-electron chi connectivity index (χ4n) is 2.52. The SMILES string of the molecule is CN1CCN(CCNCCC2CCC2)CC1. The molecule has 0 aromatic heterocycles. The summed E-state index contributed by atoms with van der Waals surface area (Å²) in [5.41, 5.74) is 0. The minimum absolute atomic E-state index is 1.05. The number of hydrogen-bond acceptors (Lipinski definition) is 3. The molecule has 1 aliphatic heterocycles. The first kappa shape index (κ1) is 12.3. The summed E-state index contributed by atoms with van der Waals surface area (Å²) in [6, 6.07) is 0. The van der Waals surface area contributed by atoms with Crippen LogP contribution in [0.1, 0.15) is 25.7 Å². The maximum absolute atomic E-state index is 3.59. The molecule has 0 unspecified atom stereocenters. The molecule has 1 saturated heterocycles. The van der Waals surface area contributed by atoms with Gasteiger partial charge in [-0.05, 0) is 25.9 Å². The van der Waals surface area contributed by atoms with Crippen LogP contribution in [0.2, 0.25) is 0 Å². The first-order valence-electron chi connectivity index (χ1n) is 6.96. The standard InChI is InChI=1S/C13H27N3/c1-15-9-11-16(12-10-15)8-7-14-6-5-13-3-2-4-13/h13-14H,2-12H2,1H3. The van der Waals surface area contributed by atoms with Gasteiger partial charge < -0.3 is 10.2 Å². The quantitative estimate of drug-likeness (QED) is 0.681. The maximum Gasteiger partial charge on any atom is 0.0110 e. The van der Waals surface area contributed by atoms with Crippen molar-refractivity contribution in [3.05, 3.63) is 0 Å². The van der Waals surface area contributed by atoms with Crippen molar-refractivity contribution in [2.45, 2.75) is 25.7 Å². The fraction of sp³-hybridized carbons (Fsp3) is 1.00. The van der Waals surface area contributed by atoms with E-state index in [4.69, 9.17) is 0 Å². The molecule has 2 rings (SSSR count). The Bertz CT molecular complexity index is 184. The van der Waals surface area contributed by atoms with Crippen molar-refractivity contribution >= 4 is 0 Å². The molecule has 1 saturated carbocycles. The molecule has 0 spiro atoms. The molecule has 0 radical (unpaired) electrons. The van der Waals surface area contributed by atoms with Crippen LogP contribution in [0.25, 0.3) is 0 Å². The van der Waals surface area contributed by atoms with Gasteiger partial charge in [-0.25, -0.2) is 0 Å². The van der Waals surface area contributed by atoms with Crippen LogP contribution in [0.3, 0.4) is 0 Å². The van der Waals surface area contributed by atoms with E-state index in [9.17, 15) is 0 Å². The van der Waals surface area contributed by atoms with E-state index in [0.717, 1.165) is 5.92 Å². The van der Waals surface area contributed by atoms with Crippen molar-refractivity contribution in [3.63, 3.8) is 0 Å². The topological polar surface area (TPSA) is 18.5 Å². The van der Waals surface area contributed by atoms with E-state index in [1.165, 1.54) is 71.5 Å². The summed E-state index contributed by atoms with van der Waals surface area (Å²) in [5, 5.41) is 3.59. The average Bonchev–Trinajstić information content (AvgIpc) is 2.23. The fourth-order valence-corrected chi connectivity index (χ4v) is 2.52. The summed E-state index contributed by atoms with van der Waals surface area (Å²) >= 11 is 0. The van der Waals surface area contributed by atoms with Crippen LogP contribution < -0.4 is 5.32 Å². The molecular weight excluding hydrogens is 198 g/mol. The Labute approximate surface area is 100 Å². The van der Waals surface area contributed by atoms with Crippen molar-refractivity contribution in [3.8, 4) is 0 Å². The summed E-state index contributed by atoms with van der Waals surface area (Å²) in [4.78, 5) is 5.00. The molecule has 1 heterocycles. The molecular formula is C13H27N3. The Morgan fingerprint density at radius 3 is 2.44 bits per heavy atom. The normalized spacial score (nSPS) is 24.6. The van der Waals surface area contributed by atoms with Gasteiger partial charge in [-0.2, -0.15) is 0 Å². The molecule has 0 aromatic carbocycles. The highest BCUT2D eigenvalue weighted by atomic mass is 15.2. The predicted molar refractivity (Wildman–Crippen MR) is 68.8 cm³/mol. The second-order valence-corrected chi connectivity index (χ2v) is 5.48. The number of rotatable bonds is 6. The van der Waals surface area contributed by atoms with Gasteiger partial charge in [-0.15, -0.1) is 0 Å². The number of piperazine rings is 1. The molecule has 3 nitrogen and oxygen atoms in total. The van der Waals surface area contributed by atoms with E-state index in [1.54, 1.807) is 0 Å². The first-order valence-corrected chi connectivity index (χ1v) is 6.96. The largest absolute Gasteiger partial charge is 0.315 e. The summed E-state index contributed by atoms with van der Waals surface area (Å²) in [7, 11) is 2.22. The average molecular weight is 225 g/mol. The van der Waals surface area contributed by atoms with Gasteiger partial charge in [0.15, 0.2) is 0 Å². The second-order valence-electron chi connectivity index (χ2n) is 5.48. The highest BCUT2D eigenvalue weighted by Gasteiger charge is 2.16. The second kappa shape index (κ2) is 6.58. The van der Waals surface area contributed by atoms with Crippen LogP contribution in [0, 0.1) is 5.92 Å². The van der Waals surface area contributed by atoms with Crippen molar-refractivity contribution < 1.29 is 0 Å². The number of nitrogens with one attached hydrogen (secondary N) is 1. The minimum Gasteiger partial charge on any atom is -0.315 e. The molecule has 94 valence electrons. The smallest absolute Gasteiger partial charge is 0.0110 e. The van der Waals surface area contributed by atoms with E-state index in [0.29, 0.717) is 0 Å². The van der Waals surface area contributed by atoms with Gasteiger partial charge in [0.2, 0.25) is 0 Å². The predicted octanol–water partition coefficient (Wildman–Crippen LogP) is 1.01. The van der Waals surface area contributed by atoms with Crippen LogP contribution in [0.5, 0.6) is 0 Å². The van der Waals surface area contributed by atoms with Crippen LogP contribution in [0.4, 0.5) is 0 Å². The highest BCUT2D eigenvalue weighted by Crippen LogP contribution is 2.28. The van der Waals surface area contributed by atoms with Crippen molar-refractivity contribution in [2.24, 2.45) is 5.92 Å². The lowest BCUT2D eigenvalue weighted by Gasteiger charge is -2.32. The van der Waals surface area contributed by atoms with Crippen LogP contribution in [-0.4, -0.2) is 62.7 Å². The number of likely N-dealkylation sites (N-methyl/N-ethyl adjacent to an activating group) is 1. The summed E-state index contributed by atoms with van der Waals surface area (Å²) in [6.07, 6.45) is 5.86. The lowest BCUT2D eigenvalue weighted by atomic mass is 9.83. The van der Waals surface area contributed by atoms with E-state index in [-0.39, 0.29) is 0 Å². The Balaban J connectivity index is 1.42. The van der Waals surface area contributed by atoms with Gasteiger partial charge in [-0.3, -0.25) is 4.90 Å². The van der Waals surface area contributed by atoms with Gasteiger partial charge in [0.25, 0.3) is 0 Å². The van der Waals surface area contributed by atoms with Crippen molar-refractivity contribution in [2.75, 3.05) is 52.9 Å².